The monoisotopic (exact) mass is 242 g/mol. The first-order valence-electron chi connectivity index (χ1n) is 5.77. The van der Waals surface area contributed by atoms with Crippen LogP contribution in [0.25, 0.3) is 0 Å². The molecule has 0 radical (unpaired) electrons. The molecule has 0 unspecified atom stereocenters. The Hall–Kier alpha value is -0.480. The lowest BCUT2D eigenvalue weighted by Crippen LogP contribution is -2.31. The summed E-state index contributed by atoms with van der Waals surface area (Å²) in [7, 11) is 0. The lowest BCUT2D eigenvalue weighted by molar-refractivity contribution is -0.118. The van der Waals surface area contributed by atoms with E-state index in [0.29, 0.717) is 12.3 Å². The molecule has 1 amide bonds. The number of thioether (sulfide) groups is 1. The second-order valence-corrected chi connectivity index (χ2v) is 6.80. The fraction of sp³-hybridized carbons (Fsp3) is 0.750. The van der Waals surface area contributed by atoms with Crippen molar-refractivity contribution in [2.75, 3.05) is 25.4 Å². The van der Waals surface area contributed by atoms with Crippen LogP contribution < -0.4 is 10.6 Å². The quantitative estimate of drug-likeness (QED) is 0.735. The van der Waals surface area contributed by atoms with Crippen LogP contribution in [-0.2, 0) is 4.79 Å². The highest BCUT2D eigenvalue weighted by Gasteiger charge is 2.13. The van der Waals surface area contributed by atoms with Crippen molar-refractivity contribution in [2.45, 2.75) is 31.9 Å². The zero-order chi connectivity index (χ0) is 12.0. The van der Waals surface area contributed by atoms with Gasteiger partial charge < -0.3 is 10.6 Å². The van der Waals surface area contributed by atoms with Crippen molar-refractivity contribution in [3.63, 3.8) is 0 Å². The maximum Gasteiger partial charge on any atom is 0.230 e. The van der Waals surface area contributed by atoms with Crippen molar-refractivity contribution in [3.8, 4) is 0 Å². The molecule has 0 aromatic carbocycles. The van der Waals surface area contributed by atoms with Gasteiger partial charge in [-0.15, -0.1) is 11.8 Å². The molecule has 3 nitrogen and oxygen atoms in total. The zero-order valence-corrected chi connectivity index (χ0v) is 11.2. The third-order valence-corrected chi connectivity index (χ3v) is 3.58. The van der Waals surface area contributed by atoms with Gasteiger partial charge in [-0.1, -0.05) is 32.4 Å². The van der Waals surface area contributed by atoms with Gasteiger partial charge in [-0.2, -0.15) is 0 Å². The van der Waals surface area contributed by atoms with Crippen molar-refractivity contribution in [1.82, 2.24) is 10.6 Å². The summed E-state index contributed by atoms with van der Waals surface area (Å²) in [6, 6.07) is 0. The summed E-state index contributed by atoms with van der Waals surface area (Å²) >= 11 is 1.68. The van der Waals surface area contributed by atoms with E-state index >= 15 is 0 Å². The van der Waals surface area contributed by atoms with Gasteiger partial charge in [-0.3, -0.25) is 4.79 Å². The molecule has 0 fully saturated rings. The van der Waals surface area contributed by atoms with E-state index < -0.39 is 0 Å². The number of carbonyl (C=O) groups excluding carboxylic acids is 1. The SMILES string of the molecule is CC(C)(C)SCC(=O)NCC1=CCNCC1. The fourth-order valence-corrected chi connectivity index (χ4v) is 2.04. The van der Waals surface area contributed by atoms with Crippen molar-refractivity contribution in [1.29, 1.82) is 0 Å². The molecule has 0 spiro atoms. The molecule has 1 rings (SSSR count). The predicted octanol–water partition coefficient (Wildman–Crippen LogP) is 1.55. The summed E-state index contributed by atoms with van der Waals surface area (Å²) in [5.41, 5.74) is 1.34. The molecule has 0 saturated carbocycles. The Balaban J connectivity index is 2.17. The van der Waals surface area contributed by atoms with E-state index in [9.17, 15) is 4.79 Å². The molecule has 4 heteroatoms. The van der Waals surface area contributed by atoms with Crippen molar-refractivity contribution >= 4 is 17.7 Å². The molecule has 0 bridgehead atoms. The topological polar surface area (TPSA) is 41.1 Å². The van der Waals surface area contributed by atoms with Gasteiger partial charge in [0.2, 0.25) is 5.91 Å². The van der Waals surface area contributed by atoms with Gasteiger partial charge >= 0.3 is 0 Å². The zero-order valence-electron chi connectivity index (χ0n) is 10.4. The first-order chi connectivity index (χ1) is 7.47. The van der Waals surface area contributed by atoms with E-state index in [1.54, 1.807) is 11.8 Å². The first-order valence-corrected chi connectivity index (χ1v) is 6.75. The molecule has 92 valence electrons. The summed E-state index contributed by atoms with van der Waals surface area (Å²) in [6.07, 6.45) is 3.22. The lowest BCUT2D eigenvalue weighted by Gasteiger charge is -2.18. The summed E-state index contributed by atoms with van der Waals surface area (Å²) in [5.74, 6) is 0.689. The maximum absolute atomic E-state index is 11.6. The van der Waals surface area contributed by atoms with E-state index in [0.717, 1.165) is 19.5 Å². The minimum Gasteiger partial charge on any atom is -0.352 e. The van der Waals surface area contributed by atoms with Crippen LogP contribution in [0.15, 0.2) is 11.6 Å². The summed E-state index contributed by atoms with van der Waals surface area (Å²) in [4.78, 5) is 11.6. The molecule has 0 aromatic rings. The van der Waals surface area contributed by atoms with Crippen molar-refractivity contribution < 1.29 is 4.79 Å². The highest BCUT2D eigenvalue weighted by atomic mass is 32.2. The highest BCUT2D eigenvalue weighted by molar-refractivity contribution is 8.01. The Morgan fingerprint density at radius 2 is 2.31 bits per heavy atom. The van der Waals surface area contributed by atoms with E-state index in [1.807, 2.05) is 0 Å². The Labute approximate surface area is 102 Å². The average Bonchev–Trinajstić information content (AvgIpc) is 2.24. The molecular weight excluding hydrogens is 220 g/mol. The fourth-order valence-electron chi connectivity index (χ4n) is 1.38. The standard InChI is InChI=1S/C12H22N2OS/c1-12(2,3)16-9-11(15)14-8-10-4-6-13-7-5-10/h4,13H,5-9H2,1-3H3,(H,14,15). The highest BCUT2D eigenvalue weighted by Crippen LogP contribution is 2.22. The second kappa shape index (κ2) is 6.30. The van der Waals surface area contributed by atoms with Gasteiger partial charge in [0.15, 0.2) is 0 Å². The molecule has 0 aliphatic carbocycles. The van der Waals surface area contributed by atoms with Crippen LogP contribution >= 0.6 is 11.8 Å². The third-order valence-electron chi connectivity index (χ3n) is 2.31. The summed E-state index contributed by atoms with van der Waals surface area (Å²) in [5, 5.41) is 6.22. The minimum atomic E-state index is 0.138. The number of rotatable bonds is 4. The average molecular weight is 242 g/mol. The van der Waals surface area contributed by atoms with E-state index in [4.69, 9.17) is 0 Å². The largest absolute Gasteiger partial charge is 0.352 e. The molecular formula is C12H22N2OS. The molecule has 2 N–H and O–H groups in total. The van der Waals surface area contributed by atoms with Crippen LogP contribution in [0.4, 0.5) is 0 Å². The first kappa shape index (κ1) is 13.6. The van der Waals surface area contributed by atoms with Crippen LogP contribution in [-0.4, -0.2) is 36.0 Å². The molecule has 0 aromatic heterocycles. The van der Waals surface area contributed by atoms with Crippen LogP contribution in [0.5, 0.6) is 0 Å². The summed E-state index contributed by atoms with van der Waals surface area (Å²) < 4.78 is 0.158. The Morgan fingerprint density at radius 3 is 2.88 bits per heavy atom. The van der Waals surface area contributed by atoms with Gasteiger partial charge in [0.05, 0.1) is 5.75 Å². The number of carbonyl (C=O) groups is 1. The maximum atomic E-state index is 11.6. The van der Waals surface area contributed by atoms with Gasteiger partial charge in [-0.05, 0) is 13.0 Å². The van der Waals surface area contributed by atoms with Gasteiger partial charge in [0, 0.05) is 17.8 Å². The van der Waals surface area contributed by atoms with E-state index in [2.05, 4.69) is 37.5 Å². The van der Waals surface area contributed by atoms with Crippen molar-refractivity contribution in [3.05, 3.63) is 11.6 Å². The number of hydrogen-bond donors (Lipinski definition) is 2. The third kappa shape index (κ3) is 6.18. The Kier molecular flexibility index (Phi) is 5.35. The smallest absolute Gasteiger partial charge is 0.230 e. The molecule has 1 aliphatic rings. The van der Waals surface area contributed by atoms with Crippen LogP contribution in [0.2, 0.25) is 0 Å². The van der Waals surface area contributed by atoms with Crippen LogP contribution in [0, 0.1) is 0 Å². The Bertz CT molecular complexity index is 269. The van der Waals surface area contributed by atoms with Crippen LogP contribution in [0.3, 0.4) is 0 Å². The second-order valence-electron chi connectivity index (χ2n) is 4.99. The number of amides is 1. The van der Waals surface area contributed by atoms with E-state index in [1.165, 1.54) is 5.57 Å². The number of hydrogen-bond acceptors (Lipinski definition) is 3. The van der Waals surface area contributed by atoms with Crippen molar-refractivity contribution in [2.24, 2.45) is 0 Å². The summed E-state index contributed by atoms with van der Waals surface area (Å²) in [6.45, 7) is 9.05. The molecule has 0 atom stereocenters. The molecule has 16 heavy (non-hydrogen) atoms. The number of nitrogens with one attached hydrogen (secondary N) is 2. The molecule has 1 aliphatic heterocycles. The minimum absolute atomic E-state index is 0.138. The Morgan fingerprint density at radius 1 is 1.56 bits per heavy atom. The lowest BCUT2D eigenvalue weighted by atomic mass is 10.1. The van der Waals surface area contributed by atoms with Gasteiger partial charge in [0.25, 0.3) is 0 Å². The van der Waals surface area contributed by atoms with Crippen LogP contribution in [0.1, 0.15) is 27.2 Å². The van der Waals surface area contributed by atoms with E-state index in [-0.39, 0.29) is 10.7 Å². The van der Waals surface area contributed by atoms with Gasteiger partial charge in [0.1, 0.15) is 0 Å². The molecule has 0 saturated heterocycles. The predicted molar refractivity (Wildman–Crippen MR) is 70.8 cm³/mol. The van der Waals surface area contributed by atoms with Gasteiger partial charge in [-0.25, -0.2) is 0 Å². The normalized spacial score (nSPS) is 16.8. The molecule has 1 heterocycles.